The van der Waals surface area contributed by atoms with Gasteiger partial charge < -0.3 is 10.4 Å². The number of hydrogen-bond acceptors (Lipinski definition) is 3. The molecule has 1 amide bonds. The van der Waals surface area contributed by atoms with Crippen molar-refractivity contribution in [3.8, 4) is 0 Å². The molecule has 0 bridgehead atoms. The Hall–Kier alpha value is -1.82. The third-order valence-corrected chi connectivity index (χ3v) is 4.03. The lowest BCUT2D eigenvalue weighted by Crippen LogP contribution is -2.10. The first-order chi connectivity index (χ1) is 9.95. The first-order valence-electron chi connectivity index (χ1n) is 5.73. The molecule has 21 heavy (non-hydrogen) atoms. The van der Waals surface area contributed by atoms with Crippen molar-refractivity contribution < 1.29 is 14.7 Å². The predicted molar refractivity (Wildman–Crippen MR) is 85.4 cm³/mol. The number of halogens is 2. The Bertz CT molecular complexity index is 725. The average molecular weight is 342 g/mol. The molecule has 0 unspecified atom stereocenters. The minimum Gasteiger partial charge on any atom is -0.478 e. The van der Waals surface area contributed by atoms with Crippen molar-refractivity contribution in [2.45, 2.75) is 0 Å². The molecule has 0 atom stereocenters. The lowest BCUT2D eigenvalue weighted by molar-refractivity contribution is -0.131. The van der Waals surface area contributed by atoms with E-state index in [-0.39, 0.29) is 5.91 Å². The number of carbonyl (C=O) groups excluding carboxylic acids is 1. The minimum atomic E-state index is -1.04. The van der Waals surface area contributed by atoms with Gasteiger partial charge >= 0.3 is 5.97 Å². The maximum atomic E-state index is 12.1. The lowest BCUT2D eigenvalue weighted by Gasteiger charge is -2.06. The average Bonchev–Trinajstić information content (AvgIpc) is 2.89. The molecule has 0 aliphatic heterocycles. The van der Waals surface area contributed by atoms with E-state index < -0.39 is 5.97 Å². The van der Waals surface area contributed by atoms with Crippen molar-refractivity contribution in [2.24, 2.45) is 0 Å². The van der Waals surface area contributed by atoms with Crippen molar-refractivity contribution >= 4 is 58.2 Å². The summed E-state index contributed by atoms with van der Waals surface area (Å²) in [7, 11) is 0. The number of amides is 1. The summed E-state index contributed by atoms with van der Waals surface area (Å²) in [5.74, 6) is -1.38. The number of hydrogen-bond donors (Lipinski definition) is 2. The highest BCUT2D eigenvalue weighted by atomic mass is 35.5. The normalized spacial score (nSPS) is 10.8. The number of anilines is 1. The second-order valence-corrected chi connectivity index (χ2v) is 5.91. The Morgan fingerprint density at radius 2 is 1.95 bits per heavy atom. The van der Waals surface area contributed by atoms with E-state index in [1.54, 1.807) is 30.3 Å². The van der Waals surface area contributed by atoms with E-state index in [9.17, 15) is 9.59 Å². The van der Waals surface area contributed by atoms with Crippen LogP contribution in [-0.4, -0.2) is 17.0 Å². The van der Waals surface area contributed by atoms with E-state index in [4.69, 9.17) is 28.3 Å². The maximum absolute atomic E-state index is 12.1. The fraction of sp³-hybridized carbons (Fsp3) is 0. The molecule has 0 saturated heterocycles. The summed E-state index contributed by atoms with van der Waals surface area (Å²) in [6.45, 7) is 0. The van der Waals surface area contributed by atoms with Crippen LogP contribution in [0.2, 0.25) is 10.0 Å². The second kappa shape index (κ2) is 6.76. The topological polar surface area (TPSA) is 66.4 Å². The maximum Gasteiger partial charge on any atom is 0.328 e. The molecular weight excluding hydrogens is 333 g/mol. The van der Waals surface area contributed by atoms with Crippen molar-refractivity contribution in [3.05, 3.63) is 56.2 Å². The predicted octanol–water partition coefficient (Wildman–Crippen LogP) is 4.41. The van der Waals surface area contributed by atoms with Gasteiger partial charge in [-0.1, -0.05) is 23.2 Å². The number of benzene rings is 1. The summed E-state index contributed by atoms with van der Waals surface area (Å²) in [6.07, 6.45) is 2.44. The monoisotopic (exact) mass is 341 g/mol. The second-order valence-electron chi connectivity index (χ2n) is 3.95. The van der Waals surface area contributed by atoms with E-state index in [1.165, 1.54) is 17.4 Å². The van der Waals surface area contributed by atoms with Gasteiger partial charge in [-0.15, -0.1) is 11.3 Å². The van der Waals surface area contributed by atoms with E-state index in [2.05, 4.69) is 5.32 Å². The van der Waals surface area contributed by atoms with Crippen LogP contribution in [0.5, 0.6) is 0 Å². The third-order valence-electron chi connectivity index (χ3n) is 2.42. The smallest absolute Gasteiger partial charge is 0.328 e. The number of thiophene rings is 1. The highest BCUT2D eigenvalue weighted by Gasteiger charge is 2.11. The lowest BCUT2D eigenvalue weighted by atomic mass is 10.3. The van der Waals surface area contributed by atoms with Gasteiger partial charge in [0, 0.05) is 16.0 Å². The summed E-state index contributed by atoms with van der Waals surface area (Å²) in [5.41, 5.74) is 0.421. The van der Waals surface area contributed by atoms with E-state index in [0.29, 0.717) is 25.5 Å². The van der Waals surface area contributed by atoms with Gasteiger partial charge in [-0.25, -0.2) is 4.79 Å². The van der Waals surface area contributed by atoms with E-state index >= 15 is 0 Å². The zero-order valence-corrected chi connectivity index (χ0v) is 12.8. The Labute approximate surface area is 134 Å². The van der Waals surface area contributed by atoms with Crippen molar-refractivity contribution in [1.82, 2.24) is 0 Å². The number of carbonyl (C=O) groups is 2. The van der Waals surface area contributed by atoms with Gasteiger partial charge in [-0.2, -0.15) is 0 Å². The zero-order valence-electron chi connectivity index (χ0n) is 10.5. The summed E-state index contributed by atoms with van der Waals surface area (Å²) in [6, 6.07) is 8.05. The molecule has 2 aromatic rings. The van der Waals surface area contributed by atoms with Crippen LogP contribution in [-0.2, 0) is 4.79 Å². The van der Waals surface area contributed by atoms with Crippen LogP contribution < -0.4 is 5.32 Å². The summed E-state index contributed by atoms with van der Waals surface area (Å²) < 4.78 is 0. The highest BCUT2D eigenvalue weighted by Crippen LogP contribution is 2.27. The first kappa shape index (κ1) is 15.6. The Morgan fingerprint density at radius 1 is 1.19 bits per heavy atom. The molecule has 0 aliphatic rings. The number of nitrogens with one attached hydrogen (secondary N) is 1. The molecule has 1 aromatic carbocycles. The number of carboxylic acid groups (broad SMARTS) is 1. The fourth-order valence-corrected chi connectivity index (χ4v) is 2.64. The van der Waals surface area contributed by atoms with E-state index in [1.807, 2.05) is 0 Å². The molecule has 0 fully saturated rings. The van der Waals surface area contributed by atoms with Gasteiger partial charge in [0.2, 0.25) is 0 Å². The highest BCUT2D eigenvalue weighted by molar-refractivity contribution is 7.15. The number of carboxylic acids is 1. The van der Waals surface area contributed by atoms with Crippen LogP contribution in [0.25, 0.3) is 6.08 Å². The number of aliphatic carboxylic acids is 1. The Balaban J connectivity index is 2.14. The molecule has 1 aromatic heterocycles. The molecule has 0 spiro atoms. The van der Waals surface area contributed by atoms with E-state index in [0.717, 1.165) is 6.08 Å². The van der Waals surface area contributed by atoms with Crippen LogP contribution in [0.1, 0.15) is 14.5 Å². The van der Waals surface area contributed by atoms with Gasteiger partial charge in [0.25, 0.3) is 5.91 Å². The van der Waals surface area contributed by atoms with Gasteiger partial charge in [-0.3, -0.25) is 4.79 Å². The van der Waals surface area contributed by atoms with Crippen molar-refractivity contribution in [1.29, 1.82) is 0 Å². The Kier molecular flexibility index (Phi) is 5.01. The molecule has 1 heterocycles. The molecule has 2 rings (SSSR count). The molecule has 108 valence electrons. The molecule has 7 heteroatoms. The standard InChI is InChI=1S/C14H9Cl2NO3S/c15-8-1-4-10(16)11(7-8)17-14(20)12-5-2-9(21-12)3-6-13(18)19/h1-7H,(H,17,20)(H,18,19). The molecule has 2 N–H and O–H groups in total. The summed E-state index contributed by atoms with van der Waals surface area (Å²) in [4.78, 5) is 23.6. The molecular formula is C14H9Cl2NO3S. The van der Waals surface area contributed by atoms with Gasteiger partial charge in [0.15, 0.2) is 0 Å². The molecule has 0 saturated carbocycles. The SMILES string of the molecule is O=C(O)C=Cc1ccc(C(=O)Nc2cc(Cl)ccc2Cl)s1. The van der Waals surface area contributed by atoms with Crippen molar-refractivity contribution in [3.63, 3.8) is 0 Å². The molecule has 4 nitrogen and oxygen atoms in total. The summed E-state index contributed by atoms with van der Waals surface area (Å²) in [5, 5.41) is 12.1. The van der Waals surface area contributed by atoms with Crippen LogP contribution in [0.15, 0.2) is 36.4 Å². The zero-order chi connectivity index (χ0) is 15.4. The van der Waals surface area contributed by atoms with Gasteiger partial charge in [-0.05, 0) is 36.4 Å². The largest absolute Gasteiger partial charge is 0.478 e. The third kappa shape index (κ3) is 4.32. The first-order valence-corrected chi connectivity index (χ1v) is 7.30. The molecule has 0 radical (unpaired) electrons. The van der Waals surface area contributed by atoms with Crippen LogP contribution in [0, 0.1) is 0 Å². The van der Waals surface area contributed by atoms with Crippen LogP contribution in [0.3, 0.4) is 0 Å². The molecule has 0 aliphatic carbocycles. The van der Waals surface area contributed by atoms with Gasteiger partial charge in [0.05, 0.1) is 15.6 Å². The number of rotatable bonds is 4. The van der Waals surface area contributed by atoms with Crippen LogP contribution in [0.4, 0.5) is 5.69 Å². The van der Waals surface area contributed by atoms with Gasteiger partial charge in [0.1, 0.15) is 0 Å². The quantitative estimate of drug-likeness (QED) is 0.809. The van der Waals surface area contributed by atoms with Crippen molar-refractivity contribution in [2.75, 3.05) is 5.32 Å². The summed E-state index contributed by atoms with van der Waals surface area (Å²) >= 11 is 13.0. The Morgan fingerprint density at radius 3 is 2.67 bits per heavy atom. The fourth-order valence-electron chi connectivity index (χ4n) is 1.50. The van der Waals surface area contributed by atoms with Crippen LogP contribution >= 0.6 is 34.5 Å². The minimum absolute atomic E-state index is 0.334.